The smallest absolute Gasteiger partial charge is 0.315 e. The quantitative estimate of drug-likeness (QED) is 0.295. The highest BCUT2D eigenvalue weighted by molar-refractivity contribution is 7.99. The zero-order valence-corrected chi connectivity index (χ0v) is 17.9. The summed E-state index contributed by atoms with van der Waals surface area (Å²) in [7, 11) is 0. The number of thioether (sulfide) groups is 1. The van der Waals surface area contributed by atoms with E-state index in [1.54, 1.807) is 12.1 Å². The first kappa shape index (κ1) is 22.9. The Morgan fingerprint density at radius 3 is 2.38 bits per heavy atom. The highest BCUT2D eigenvalue weighted by Crippen LogP contribution is 2.13. The van der Waals surface area contributed by atoms with Gasteiger partial charge < -0.3 is 19.5 Å². The van der Waals surface area contributed by atoms with Gasteiger partial charge in [-0.05, 0) is 34.3 Å². The van der Waals surface area contributed by atoms with Crippen LogP contribution in [0.4, 0.5) is 0 Å². The van der Waals surface area contributed by atoms with E-state index in [1.807, 2.05) is 0 Å². The lowest BCUT2D eigenvalue weighted by atomic mass is 10.3. The van der Waals surface area contributed by atoms with Gasteiger partial charge in [0.2, 0.25) is 23.4 Å². The maximum absolute atomic E-state index is 12.6. The first-order valence-electron chi connectivity index (χ1n) is 9.48. The molecule has 0 aromatic carbocycles. The average Bonchev–Trinajstić information content (AvgIpc) is 3.22. The van der Waals surface area contributed by atoms with Crippen LogP contribution in [0.25, 0.3) is 11.2 Å². The van der Waals surface area contributed by atoms with E-state index >= 15 is 0 Å². The molecule has 13 heteroatoms. The molecule has 2 aromatic heterocycles. The van der Waals surface area contributed by atoms with Gasteiger partial charge in [-0.1, -0.05) is 13.2 Å². The van der Waals surface area contributed by atoms with Crippen molar-refractivity contribution in [1.29, 1.82) is 0 Å². The van der Waals surface area contributed by atoms with Crippen LogP contribution in [-0.2, 0) is 19.2 Å². The van der Waals surface area contributed by atoms with Gasteiger partial charge in [0.15, 0.2) is 0 Å². The van der Waals surface area contributed by atoms with Gasteiger partial charge in [-0.25, -0.2) is 9.78 Å². The summed E-state index contributed by atoms with van der Waals surface area (Å²) in [5.74, 6) is -1.28. The Morgan fingerprint density at radius 2 is 1.72 bits per heavy atom. The standard InChI is InChI=1S/C19H21N7O5S/c1-3-15(27)23-11-24(16(28)4-2)13-25(12-23)17(29)7-9-32-10-18(30)31-26-19-14(21-22-26)6-5-8-20-19/h3-6,8H,1-2,7,9-13H2. The summed E-state index contributed by atoms with van der Waals surface area (Å²) in [5.41, 5.74) is 0.816. The number of fused-ring (bicyclic) bond motifs is 1. The summed E-state index contributed by atoms with van der Waals surface area (Å²) in [6.07, 6.45) is 3.89. The SMILES string of the molecule is C=CC(=O)N1CN(C(=O)C=C)CN(C(=O)CCSCC(=O)On2nnc3cccnc32)C1. The molecule has 3 rings (SSSR count). The van der Waals surface area contributed by atoms with Gasteiger partial charge in [-0.3, -0.25) is 14.4 Å². The minimum absolute atomic E-state index is 0.0103. The van der Waals surface area contributed by atoms with Crippen molar-refractivity contribution in [1.82, 2.24) is 34.8 Å². The molecule has 0 aliphatic carbocycles. The van der Waals surface area contributed by atoms with E-state index in [1.165, 1.54) is 32.7 Å². The predicted octanol–water partition coefficient (Wildman–Crippen LogP) is -0.351. The molecule has 1 aliphatic heterocycles. The van der Waals surface area contributed by atoms with Gasteiger partial charge in [-0.2, -0.15) is 0 Å². The maximum Gasteiger partial charge on any atom is 0.344 e. The Hall–Kier alpha value is -3.74. The predicted molar refractivity (Wildman–Crippen MR) is 114 cm³/mol. The molecule has 0 bridgehead atoms. The molecule has 0 spiro atoms. The maximum atomic E-state index is 12.6. The number of rotatable bonds is 8. The highest BCUT2D eigenvalue weighted by atomic mass is 32.2. The fourth-order valence-electron chi connectivity index (χ4n) is 2.85. The van der Waals surface area contributed by atoms with Crippen LogP contribution >= 0.6 is 11.8 Å². The van der Waals surface area contributed by atoms with Crippen molar-refractivity contribution in [2.45, 2.75) is 6.42 Å². The number of aromatic nitrogens is 4. The summed E-state index contributed by atoms with van der Waals surface area (Å²) in [6.45, 7) is 7.01. The minimum Gasteiger partial charge on any atom is -0.315 e. The molecular formula is C19H21N7O5S. The zero-order valence-electron chi connectivity index (χ0n) is 17.1. The second kappa shape index (κ2) is 10.5. The third-order valence-electron chi connectivity index (χ3n) is 4.40. The topological polar surface area (TPSA) is 131 Å². The molecule has 0 atom stereocenters. The van der Waals surface area contributed by atoms with Crippen LogP contribution in [0.5, 0.6) is 0 Å². The van der Waals surface area contributed by atoms with Crippen LogP contribution in [0.1, 0.15) is 6.42 Å². The van der Waals surface area contributed by atoms with Crippen LogP contribution in [-0.4, -0.2) is 90.0 Å². The Labute approximate surface area is 187 Å². The van der Waals surface area contributed by atoms with E-state index < -0.39 is 17.8 Å². The molecule has 1 fully saturated rings. The first-order valence-corrected chi connectivity index (χ1v) is 10.6. The van der Waals surface area contributed by atoms with Gasteiger partial charge in [0.25, 0.3) is 0 Å². The Morgan fingerprint density at radius 1 is 1.06 bits per heavy atom. The average molecular weight is 459 g/mol. The van der Waals surface area contributed by atoms with Crippen molar-refractivity contribution < 1.29 is 24.0 Å². The van der Waals surface area contributed by atoms with Gasteiger partial charge in [0.1, 0.15) is 5.52 Å². The Bertz CT molecular complexity index is 1030. The van der Waals surface area contributed by atoms with Crippen LogP contribution in [0.3, 0.4) is 0 Å². The molecule has 3 amide bonds. The van der Waals surface area contributed by atoms with Gasteiger partial charge in [0, 0.05) is 18.4 Å². The van der Waals surface area contributed by atoms with Crippen LogP contribution in [0.2, 0.25) is 0 Å². The number of hydrogen-bond acceptors (Lipinski definition) is 9. The van der Waals surface area contributed by atoms with Gasteiger partial charge >= 0.3 is 5.97 Å². The molecule has 12 nitrogen and oxygen atoms in total. The molecule has 3 heterocycles. The van der Waals surface area contributed by atoms with E-state index in [0.717, 1.165) is 17.0 Å². The number of carbonyl (C=O) groups is 4. The minimum atomic E-state index is -0.566. The number of amides is 3. The molecule has 2 aromatic rings. The van der Waals surface area contributed by atoms with E-state index in [9.17, 15) is 19.2 Å². The molecule has 0 N–H and O–H groups in total. The summed E-state index contributed by atoms with van der Waals surface area (Å²) < 4.78 is 0. The third kappa shape index (κ3) is 5.49. The molecule has 0 saturated carbocycles. The number of hydrogen-bond donors (Lipinski definition) is 0. The normalized spacial score (nSPS) is 13.7. The Kier molecular flexibility index (Phi) is 7.54. The molecule has 0 unspecified atom stereocenters. The van der Waals surface area contributed by atoms with Crippen LogP contribution in [0.15, 0.2) is 43.6 Å². The van der Waals surface area contributed by atoms with Crippen molar-refractivity contribution in [2.75, 3.05) is 31.5 Å². The molecule has 1 aliphatic rings. The monoisotopic (exact) mass is 459 g/mol. The number of carbonyl (C=O) groups excluding carboxylic acids is 4. The van der Waals surface area contributed by atoms with Crippen LogP contribution in [0, 0.1) is 0 Å². The lowest BCUT2D eigenvalue weighted by Gasteiger charge is -2.41. The summed E-state index contributed by atoms with van der Waals surface area (Å²) >= 11 is 1.21. The number of nitrogens with zero attached hydrogens (tertiary/aromatic N) is 7. The van der Waals surface area contributed by atoms with Gasteiger partial charge in [-0.15, -0.1) is 16.9 Å². The van der Waals surface area contributed by atoms with Crippen molar-refractivity contribution in [3.05, 3.63) is 43.6 Å². The largest absolute Gasteiger partial charge is 0.344 e. The van der Waals surface area contributed by atoms with E-state index in [-0.39, 0.29) is 38.1 Å². The van der Waals surface area contributed by atoms with Crippen molar-refractivity contribution >= 4 is 46.6 Å². The molecular weight excluding hydrogens is 438 g/mol. The summed E-state index contributed by atoms with van der Waals surface area (Å²) in [4.78, 5) is 62.7. The second-order valence-electron chi connectivity index (χ2n) is 6.60. The van der Waals surface area contributed by atoms with E-state index in [4.69, 9.17) is 4.84 Å². The highest BCUT2D eigenvalue weighted by Gasteiger charge is 2.30. The summed E-state index contributed by atoms with van der Waals surface area (Å²) in [6, 6.07) is 3.38. The molecule has 32 heavy (non-hydrogen) atoms. The van der Waals surface area contributed by atoms with Crippen molar-refractivity contribution in [3.63, 3.8) is 0 Å². The van der Waals surface area contributed by atoms with Crippen molar-refractivity contribution in [2.24, 2.45) is 0 Å². The lowest BCUT2D eigenvalue weighted by Crippen LogP contribution is -2.59. The van der Waals surface area contributed by atoms with E-state index in [2.05, 4.69) is 28.5 Å². The third-order valence-corrected chi connectivity index (χ3v) is 5.33. The fourth-order valence-corrected chi connectivity index (χ4v) is 3.53. The van der Waals surface area contributed by atoms with Crippen LogP contribution < -0.4 is 4.84 Å². The Balaban J connectivity index is 1.47. The molecule has 1 saturated heterocycles. The first-order chi connectivity index (χ1) is 15.4. The van der Waals surface area contributed by atoms with E-state index in [0.29, 0.717) is 16.9 Å². The van der Waals surface area contributed by atoms with Gasteiger partial charge in [0.05, 0.1) is 25.8 Å². The lowest BCUT2D eigenvalue weighted by molar-refractivity contribution is -0.154. The zero-order chi connectivity index (χ0) is 23.1. The fraction of sp³-hybridized carbons (Fsp3) is 0.316. The summed E-state index contributed by atoms with van der Waals surface area (Å²) in [5, 5.41) is 7.56. The second-order valence-corrected chi connectivity index (χ2v) is 7.70. The van der Waals surface area contributed by atoms with Crippen molar-refractivity contribution in [3.8, 4) is 0 Å². The molecule has 168 valence electrons. The number of pyridine rings is 1. The molecule has 0 radical (unpaired) electrons.